The monoisotopic (exact) mass is 467 g/mol. The van der Waals surface area contributed by atoms with E-state index in [0.717, 1.165) is 33.3 Å². The molecule has 5 rings (SSSR count). The first-order valence-corrected chi connectivity index (χ1v) is 11.4. The SMILES string of the molecule is CC(=O)N1CCN(C(=O)c2cccc(-c3cnc4[nH]cc(-c5ccc(C(N)=O)cc5)c4c3)c2)CC1. The molecule has 1 aliphatic heterocycles. The van der Waals surface area contributed by atoms with Crippen LogP contribution in [0.15, 0.2) is 67.0 Å². The van der Waals surface area contributed by atoms with E-state index in [1.165, 1.54) is 0 Å². The summed E-state index contributed by atoms with van der Waals surface area (Å²) in [4.78, 5) is 47.4. The van der Waals surface area contributed by atoms with Gasteiger partial charge in [-0.2, -0.15) is 0 Å². The minimum atomic E-state index is -0.463. The Labute approximate surface area is 202 Å². The fraction of sp³-hybridized carbons (Fsp3) is 0.185. The normalized spacial score (nSPS) is 13.7. The minimum absolute atomic E-state index is 0.0370. The summed E-state index contributed by atoms with van der Waals surface area (Å²) >= 11 is 0. The van der Waals surface area contributed by atoms with Gasteiger partial charge in [0.15, 0.2) is 0 Å². The Kier molecular flexibility index (Phi) is 5.78. The number of primary amides is 1. The number of rotatable bonds is 4. The number of benzene rings is 2. The number of nitrogens with one attached hydrogen (secondary N) is 1. The molecule has 176 valence electrons. The molecule has 0 aliphatic carbocycles. The second-order valence-corrected chi connectivity index (χ2v) is 8.64. The Morgan fingerprint density at radius 2 is 1.57 bits per heavy atom. The van der Waals surface area contributed by atoms with Crippen LogP contribution in [0.4, 0.5) is 0 Å². The zero-order valence-corrected chi connectivity index (χ0v) is 19.3. The number of carbonyl (C=O) groups excluding carboxylic acids is 3. The number of hydrogen-bond donors (Lipinski definition) is 2. The van der Waals surface area contributed by atoms with E-state index in [1.807, 2.05) is 48.7 Å². The molecule has 0 spiro atoms. The van der Waals surface area contributed by atoms with Gasteiger partial charge in [-0.1, -0.05) is 24.3 Å². The highest BCUT2D eigenvalue weighted by Crippen LogP contribution is 2.31. The molecule has 1 saturated heterocycles. The van der Waals surface area contributed by atoms with Crippen LogP contribution in [0.25, 0.3) is 33.3 Å². The molecule has 3 heterocycles. The Bertz CT molecular complexity index is 1430. The van der Waals surface area contributed by atoms with Gasteiger partial charge in [0.2, 0.25) is 11.8 Å². The molecule has 1 aliphatic rings. The van der Waals surface area contributed by atoms with Crippen LogP contribution < -0.4 is 5.73 Å². The first-order valence-electron chi connectivity index (χ1n) is 11.4. The average molecular weight is 468 g/mol. The smallest absolute Gasteiger partial charge is 0.253 e. The molecule has 8 nitrogen and oxygen atoms in total. The lowest BCUT2D eigenvalue weighted by atomic mass is 10.00. The van der Waals surface area contributed by atoms with Gasteiger partial charge in [-0.25, -0.2) is 4.98 Å². The first kappa shape index (κ1) is 22.3. The number of aromatic nitrogens is 2. The number of amides is 3. The van der Waals surface area contributed by atoms with Crippen LogP contribution in [-0.2, 0) is 4.79 Å². The van der Waals surface area contributed by atoms with Crippen molar-refractivity contribution in [2.24, 2.45) is 5.73 Å². The van der Waals surface area contributed by atoms with Crippen molar-refractivity contribution in [3.05, 3.63) is 78.1 Å². The molecule has 1 fully saturated rings. The molecule has 2 aromatic heterocycles. The van der Waals surface area contributed by atoms with Gasteiger partial charge in [-0.05, 0) is 41.5 Å². The number of pyridine rings is 1. The fourth-order valence-electron chi connectivity index (χ4n) is 4.45. The van der Waals surface area contributed by atoms with E-state index < -0.39 is 5.91 Å². The Balaban J connectivity index is 1.42. The molecule has 0 unspecified atom stereocenters. The van der Waals surface area contributed by atoms with Crippen molar-refractivity contribution < 1.29 is 14.4 Å². The first-order chi connectivity index (χ1) is 16.9. The maximum atomic E-state index is 13.1. The predicted octanol–water partition coefficient (Wildman–Crippen LogP) is 3.30. The lowest BCUT2D eigenvalue weighted by Crippen LogP contribution is -2.50. The summed E-state index contributed by atoms with van der Waals surface area (Å²) in [6, 6.07) is 16.7. The van der Waals surface area contributed by atoms with Crippen LogP contribution in [-0.4, -0.2) is 63.7 Å². The minimum Gasteiger partial charge on any atom is -0.366 e. The largest absolute Gasteiger partial charge is 0.366 e. The summed E-state index contributed by atoms with van der Waals surface area (Å²) in [5.41, 5.74) is 10.9. The van der Waals surface area contributed by atoms with Crippen molar-refractivity contribution in [1.82, 2.24) is 19.8 Å². The number of fused-ring (bicyclic) bond motifs is 1. The van der Waals surface area contributed by atoms with Crippen LogP contribution in [0.5, 0.6) is 0 Å². The van der Waals surface area contributed by atoms with E-state index >= 15 is 0 Å². The Morgan fingerprint density at radius 3 is 2.26 bits per heavy atom. The van der Waals surface area contributed by atoms with Crippen molar-refractivity contribution in [2.45, 2.75) is 6.92 Å². The van der Waals surface area contributed by atoms with E-state index in [-0.39, 0.29) is 11.8 Å². The van der Waals surface area contributed by atoms with Gasteiger partial charge in [0.05, 0.1) is 0 Å². The third-order valence-electron chi connectivity index (χ3n) is 6.47. The number of hydrogen-bond acceptors (Lipinski definition) is 4. The van der Waals surface area contributed by atoms with Gasteiger partial charge in [0.25, 0.3) is 5.91 Å². The fourth-order valence-corrected chi connectivity index (χ4v) is 4.45. The Morgan fingerprint density at radius 1 is 0.857 bits per heavy atom. The zero-order chi connectivity index (χ0) is 24.5. The molecule has 0 atom stereocenters. The molecule has 35 heavy (non-hydrogen) atoms. The van der Waals surface area contributed by atoms with Gasteiger partial charge < -0.3 is 20.5 Å². The molecule has 8 heteroatoms. The zero-order valence-electron chi connectivity index (χ0n) is 19.3. The number of nitrogens with two attached hydrogens (primary N) is 1. The molecule has 0 bridgehead atoms. The summed E-state index contributed by atoms with van der Waals surface area (Å²) in [6.07, 6.45) is 3.68. The molecule has 3 N–H and O–H groups in total. The lowest BCUT2D eigenvalue weighted by molar-refractivity contribution is -0.130. The van der Waals surface area contributed by atoms with E-state index in [0.29, 0.717) is 37.3 Å². The third kappa shape index (κ3) is 4.38. The van der Waals surface area contributed by atoms with Gasteiger partial charge in [-0.15, -0.1) is 0 Å². The highest BCUT2D eigenvalue weighted by Gasteiger charge is 2.23. The summed E-state index contributed by atoms with van der Waals surface area (Å²) in [6.45, 7) is 3.71. The average Bonchev–Trinajstić information content (AvgIpc) is 3.32. The van der Waals surface area contributed by atoms with E-state index in [2.05, 4.69) is 9.97 Å². The molecule has 4 aromatic rings. The predicted molar refractivity (Wildman–Crippen MR) is 134 cm³/mol. The maximum Gasteiger partial charge on any atom is 0.253 e. The van der Waals surface area contributed by atoms with Crippen molar-refractivity contribution in [3.63, 3.8) is 0 Å². The standard InChI is InChI=1S/C27H25N5O3/c1-17(33)31-9-11-32(12-10-31)27(35)21-4-2-3-20(13-21)22-14-23-24(16-30-26(23)29-15-22)18-5-7-19(8-6-18)25(28)34/h2-8,13-16H,9-12H2,1H3,(H2,28,34)(H,29,30). The molecular weight excluding hydrogens is 442 g/mol. The molecule has 2 aromatic carbocycles. The number of aromatic amines is 1. The van der Waals surface area contributed by atoms with Crippen LogP contribution in [0, 0.1) is 0 Å². The summed E-state index contributed by atoms with van der Waals surface area (Å²) in [5, 5.41) is 0.936. The quantitative estimate of drug-likeness (QED) is 0.479. The lowest BCUT2D eigenvalue weighted by Gasteiger charge is -2.34. The van der Waals surface area contributed by atoms with Crippen molar-refractivity contribution in [2.75, 3.05) is 26.2 Å². The van der Waals surface area contributed by atoms with Crippen molar-refractivity contribution in [3.8, 4) is 22.3 Å². The number of H-pyrrole nitrogens is 1. The third-order valence-corrected chi connectivity index (χ3v) is 6.47. The molecule has 3 amide bonds. The number of carbonyl (C=O) groups is 3. The second kappa shape index (κ2) is 9.06. The van der Waals surface area contributed by atoms with Crippen LogP contribution in [0.2, 0.25) is 0 Å². The van der Waals surface area contributed by atoms with Crippen molar-refractivity contribution in [1.29, 1.82) is 0 Å². The molecule has 0 radical (unpaired) electrons. The Hall–Kier alpha value is -4.46. The number of piperazine rings is 1. The van der Waals surface area contributed by atoms with E-state index in [4.69, 9.17) is 5.73 Å². The summed E-state index contributed by atoms with van der Waals surface area (Å²) in [5.74, 6) is -0.467. The van der Waals surface area contributed by atoms with Crippen molar-refractivity contribution >= 4 is 28.8 Å². The van der Waals surface area contributed by atoms with Gasteiger partial charge in [-0.3, -0.25) is 14.4 Å². The highest BCUT2D eigenvalue weighted by molar-refractivity contribution is 5.99. The second-order valence-electron chi connectivity index (χ2n) is 8.64. The summed E-state index contributed by atoms with van der Waals surface area (Å²) < 4.78 is 0. The highest BCUT2D eigenvalue weighted by atomic mass is 16.2. The topological polar surface area (TPSA) is 112 Å². The molecule has 0 saturated carbocycles. The van der Waals surface area contributed by atoms with E-state index in [1.54, 1.807) is 35.1 Å². The maximum absolute atomic E-state index is 13.1. The molecular formula is C27H25N5O3. The van der Waals surface area contributed by atoms with Gasteiger partial charge >= 0.3 is 0 Å². The summed E-state index contributed by atoms with van der Waals surface area (Å²) in [7, 11) is 0. The van der Waals surface area contributed by atoms with Crippen LogP contribution in [0.1, 0.15) is 27.6 Å². The van der Waals surface area contributed by atoms with Gasteiger partial charge in [0, 0.05) is 73.1 Å². The van der Waals surface area contributed by atoms with Crippen LogP contribution in [0.3, 0.4) is 0 Å². The van der Waals surface area contributed by atoms with E-state index in [9.17, 15) is 14.4 Å². The van der Waals surface area contributed by atoms with Crippen LogP contribution >= 0.6 is 0 Å². The number of nitrogens with zero attached hydrogens (tertiary/aromatic N) is 3. The van der Waals surface area contributed by atoms with Gasteiger partial charge in [0.1, 0.15) is 5.65 Å².